The van der Waals surface area contributed by atoms with Crippen LogP contribution in [0.1, 0.15) is 0 Å². The lowest BCUT2D eigenvalue weighted by Gasteiger charge is -2.31. The number of aromatic nitrogens is 1. The van der Waals surface area contributed by atoms with Crippen LogP contribution in [0.25, 0.3) is 115 Å². The Kier molecular flexibility index (Phi) is 9.89. The van der Waals surface area contributed by atoms with Crippen LogP contribution in [0.3, 0.4) is 0 Å². The van der Waals surface area contributed by atoms with Gasteiger partial charge < -0.3 is 9.47 Å². The fourth-order valence-corrected chi connectivity index (χ4v) is 11.4. The second-order valence-electron chi connectivity index (χ2n) is 18.8. The first-order valence-electron chi connectivity index (χ1n) is 24.8. The molecule has 0 aliphatic rings. The summed E-state index contributed by atoms with van der Waals surface area (Å²) in [6.45, 7) is 0. The smallest absolute Gasteiger partial charge is 0.0547 e. The van der Waals surface area contributed by atoms with Gasteiger partial charge in [-0.05, 0) is 132 Å². The molecular weight excluding hydrogens is 869 g/mol. The first-order chi connectivity index (χ1) is 35.7. The van der Waals surface area contributed by atoms with E-state index in [2.05, 4.69) is 289 Å². The fraction of sp³-hybridized carbons (Fsp3) is 0. The topological polar surface area (TPSA) is 8.17 Å². The maximum atomic E-state index is 2.50. The zero-order chi connectivity index (χ0) is 47.5. The predicted octanol–water partition coefficient (Wildman–Crippen LogP) is 19.5. The molecule has 0 aliphatic carbocycles. The summed E-state index contributed by atoms with van der Waals surface area (Å²) < 4.78 is 2.47. The molecule has 13 aromatic carbocycles. The van der Waals surface area contributed by atoms with Crippen LogP contribution < -0.4 is 4.90 Å². The molecule has 0 amide bonds. The van der Waals surface area contributed by atoms with Gasteiger partial charge in [0.15, 0.2) is 0 Å². The van der Waals surface area contributed by atoms with Crippen molar-refractivity contribution < 1.29 is 0 Å². The Hall–Kier alpha value is -9.50. The molecule has 336 valence electrons. The highest BCUT2D eigenvalue weighted by Gasteiger charge is 2.24. The summed E-state index contributed by atoms with van der Waals surface area (Å²) in [6.07, 6.45) is 0. The molecule has 0 spiro atoms. The van der Waals surface area contributed by atoms with Crippen LogP contribution in [-0.4, -0.2) is 4.57 Å². The third-order valence-electron chi connectivity index (χ3n) is 14.7. The summed E-state index contributed by atoms with van der Waals surface area (Å²) >= 11 is 0. The van der Waals surface area contributed by atoms with E-state index in [1.54, 1.807) is 0 Å². The molecule has 0 aliphatic heterocycles. The van der Waals surface area contributed by atoms with Crippen molar-refractivity contribution in [2.45, 2.75) is 0 Å². The first kappa shape index (κ1) is 41.5. The lowest BCUT2D eigenvalue weighted by Crippen LogP contribution is -2.13. The van der Waals surface area contributed by atoms with Gasteiger partial charge in [0.25, 0.3) is 0 Å². The predicted molar refractivity (Wildman–Crippen MR) is 307 cm³/mol. The summed E-state index contributed by atoms with van der Waals surface area (Å²) in [5.74, 6) is 0. The summed E-state index contributed by atoms with van der Waals surface area (Å²) in [5, 5.41) is 12.4. The van der Waals surface area contributed by atoms with Gasteiger partial charge in [0.05, 0.1) is 28.1 Å². The Morgan fingerprint density at radius 2 is 0.806 bits per heavy atom. The highest BCUT2D eigenvalue weighted by molar-refractivity contribution is 6.15. The molecule has 0 bridgehead atoms. The van der Waals surface area contributed by atoms with E-state index in [-0.39, 0.29) is 0 Å². The molecule has 72 heavy (non-hydrogen) atoms. The molecule has 0 saturated heterocycles. The van der Waals surface area contributed by atoms with Crippen molar-refractivity contribution in [3.05, 3.63) is 279 Å². The van der Waals surface area contributed by atoms with Gasteiger partial charge in [0.2, 0.25) is 0 Å². The van der Waals surface area contributed by atoms with Crippen molar-refractivity contribution in [3.8, 4) is 50.2 Å². The molecule has 2 nitrogen and oxygen atoms in total. The van der Waals surface area contributed by atoms with Crippen molar-refractivity contribution in [2.24, 2.45) is 0 Å². The van der Waals surface area contributed by atoms with Crippen molar-refractivity contribution >= 4 is 82.0 Å². The van der Waals surface area contributed by atoms with E-state index < -0.39 is 0 Å². The fourth-order valence-electron chi connectivity index (χ4n) is 11.4. The minimum atomic E-state index is 1.07. The Morgan fingerprint density at radius 3 is 1.65 bits per heavy atom. The Labute approximate surface area is 418 Å². The standard InChI is InChI=1S/C70H46N2/c1-2-20-48(21-3-1)64-45-53(57-31-12-15-37-66(57)72-68-39-17-14-35-62(68)65-43-49-23-4-5-24-50(49)46-70(65)72)40-41-69(64)71(67-38-16-13-34-61(67)59-36-19-26-47-22-6-8-29-55(47)59)54-28-18-27-51(42-54)63-44-52-25-7-9-30-56(52)58-32-10-11-33-60(58)63/h1-46H. The maximum absolute atomic E-state index is 2.50. The second-order valence-corrected chi connectivity index (χ2v) is 18.8. The Morgan fingerprint density at radius 1 is 0.236 bits per heavy atom. The molecule has 0 fully saturated rings. The van der Waals surface area contributed by atoms with E-state index in [0.29, 0.717) is 0 Å². The highest BCUT2D eigenvalue weighted by Crippen LogP contribution is 2.49. The monoisotopic (exact) mass is 914 g/mol. The molecule has 0 radical (unpaired) electrons. The minimum Gasteiger partial charge on any atom is -0.309 e. The second kappa shape index (κ2) is 17.2. The molecule has 1 heterocycles. The summed E-state index contributed by atoms with van der Waals surface area (Å²) in [7, 11) is 0. The van der Waals surface area contributed by atoms with Crippen LogP contribution in [0, 0.1) is 0 Å². The molecule has 14 rings (SSSR count). The van der Waals surface area contributed by atoms with Gasteiger partial charge in [-0.3, -0.25) is 0 Å². The summed E-state index contributed by atoms with van der Waals surface area (Å²) in [4.78, 5) is 2.50. The normalized spacial score (nSPS) is 11.6. The number of para-hydroxylation sites is 3. The number of nitrogens with zero attached hydrogens (tertiary/aromatic N) is 2. The quantitative estimate of drug-likeness (QED) is 0.138. The van der Waals surface area contributed by atoms with Crippen molar-refractivity contribution in [2.75, 3.05) is 4.90 Å². The Bertz CT molecular complexity index is 4400. The van der Waals surface area contributed by atoms with Crippen molar-refractivity contribution in [3.63, 3.8) is 0 Å². The Balaban J connectivity index is 1.02. The molecule has 14 aromatic rings. The van der Waals surface area contributed by atoms with Gasteiger partial charge in [-0.15, -0.1) is 0 Å². The van der Waals surface area contributed by atoms with E-state index in [0.717, 1.165) is 56.1 Å². The maximum Gasteiger partial charge on any atom is 0.0547 e. The number of rotatable bonds is 8. The lowest BCUT2D eigenvalue weighted by molar-refractivity contribution is 1.18. The van der Waals surface area contributed by atoms with Gasteiger partial charge in [0.1, 0.15) is 0 Å². The lowest BCUT2D eigenvalue weighted by atomic mass is 9.92. The highest BCUT2D eigenvalue weighted by atomic mass is 15.1. The van der Waals surface area contributed by atoms with Crippen LogP contribution in [0.4, 0.5) is 17.1 Å². The minimum absolute atomic E-state index is 1.07. The number of anilines is 3. The van der Waals surface area contributed by atoms with E-state index in [9.17, 15) is 0 Å². The van der Waals surface area contributed by atoms with Crippen LogP contribution in [0.15, 0.2) is 279 Å². The molecule has 1 aromatic heterocycles. The van der Waals surface area contributed by atoms with Gasteiger partial charge in [-0.1, -0.05) is 218 Å². The molecule has 0 N–H and O–H groups in total. The average Bonchev–Trinajstić information content (AvgIpc) is 3.77. The number of fused-ring (bicyclic) bond motifs is 8. The zero-order valence-corrected chi connectivity index (χ0v) is 39.5. The van der Waals surface area contributed by atoms with Gasteiger partial charge in [-0.2, -0.15) is 0 Å². The molecule has 0 saturated carbocycles. The third kappa shape index (κ3) is 6.88. The molecular formula is C70H46N2. The third-order valence-corrected chi connectivity index (χ3v) is 14.7. The SMILES string of the molecule is c1ccc(-c2cc(-c3ccccc3-n3c4ccccc4c4cc5ccccc5cc43)ccc2N(c2cccc(-c3cc4ccccc4c4ccccc34)c2)c2ccccc2-c2cccc3ccccc23)cc1. The molecule has 0 unspecified atom stereocenters. The number of hydrogen-bond acceptors (Lipinski definition) is 1. The van der Waals surface area contributed by atoms with Crippen LogP contribution >= 0.6 is 0 Å². The van der Waals surface area contributed by atoms with Crippen molar-refractivity contribution in [1.82, 2.24) is 4.57 Å². The largest absolute Gasteiger partial charge is 0.309 e. The summed E-state index contributed by atoms with van der Waals surface area (Å²) in [5.41, 5.74) is 16.0. The van der Waals surface area contributed by atoms with Gasteiger partial charge >= 0.3 is 0 Å². The number of hydrogen-bond donors (Lipinski definition) is 0. The van der Waals surface area contributed by atoms with Gasteiger partial charge in [0, 0.05) is 33.2 Å². The van der Waals surface area contributed by atoms with E-state index in [1.165, 1.54) is 76.0 Å². The van der Waals surface area contributed by atoms with Crippen molar-refractivity contribution in [1.29, 1.82) is 0 Å². The molecule has 2 heteroatoms. The first-order valence-corrected chi connectivity index (χ1v) is 24.8. The van der Waals surface area contributed by atoms with Gasteiger partial charge in [-0.25, -0.2) is 0 Å². The zero-order valence-electron chi connectivity index (χ0n) is 39.5. The van der Waals surface area contributed by atoms with E-state index in [1.807, 2.05) is 0 Å². The summed E-state index contributed by atoms with van der Waals surface area (Å²) in [6, 6.07) is 103. The van der Waals surface area contributed by atoms with E-state index in [4.69, 9.17) is 0 Å². The number of benzene rings is 13. The molecule has 0 atom stereocenters. The van der Waals surface area contributed by atoms with Crippen LogP contribution in [0.5, 0.6) is 0 Å². The van der Waals surface area contributed by atoms with E-state index >= 15 is 0 Å². The average molecular weight is 915 g/mol. The van der Waals surface area contributed by atoms with Crippen LogP contribution in [0.2, 0.25) is 0 Å². The van der Waals surface area contributed by atoms with Crippen LogP contribution in [-0.2, 0) is 0 Å².